The third-order valence-corrected chi connectivity index (χ3v) is 8.01. The van der Waals surface area contributed by atoms with Crippen molar-refractivity contribution in [1.82, 2.24) is 4.90 Å². The van der Waals surface area contributed by atoms with Crippen LogP contribution >= 0.6 is 0 Å². The highest BCUT2D eigenvalue weighted by atomic mass is 16.5. The summed E-state index contributed by atoms with van der Waals surface area (Å²) in [6.07, 6.45) is 0.244. The number of phenols is 1. The highest BCUT2D eigenvalue weighted by molar-refractivity contribution is 6.24. The van der Waals surface area contributed by atoms with E-state index in [1.54, 1.807) is 39.4 Å². The normalized spacial score (nSPS) is 26.7. The minimum absolute atomic E-state index is 0.0312. The third-order valence-electron chi connectivity index (χ3n) is 8.01. The summed E-state index contributed by atoms with van der Waals surface area (Å²) in [5.41, 5.74) is 3.84. The van der Waals surface area contributed by atoms with E-state index in [0.717, 1.165) is 11.1 Å². The molecule has 3 aliphatic carbocycles. The van der Waals surface area contributed by atoms with Crippen molar-refractivity contribution >= 4 is 23.2 Å². The summed E-state index contributed by atoms with van der Waals surface area (Å²) in [7, 11) is 4.68. The van der Waals surface area contributed by atoms with Crippen molar-refractivity contribution in [2.45, 2.75) is 24.5 Å². The van der Waals surface area contributed by atoms with Crippen LogP contribution in [0.25, 0.3) is 16.9 Å². The van der Waals surface area contributed by atoms with Crippen molar-refractivity contribution in [1.29, 1.82) is 0 Å². The molecule has 38 heavy (non-hydrogen) atoms. The van der Waals surface area contributed by atoms with Crippen molar-refractivity contribution in [3.63, 3.8) is 0 Å². The number of aromatic hydroxyl groups is 1. The Morgan fingerprint density at radius 3 is 2.32 bits per heavy atom. The van der Waals surface area contributed by atoms with Gasteiger partial charge in [-0.25, -0.2) is 0 Å². The molecule has 1 amide bonds. The third kappa shape index (κ3) is 3.37. The molecule has 0 saturated heterocycles. The standard InChI is InChI=1S/C28H28N2O8/c1-30(2)22-17-11-13-10-16-15(12-4-6-14(38-3)7-5-12)8-9-18(31)20(16)23(32)19(13)25(34)28(17,37)26(35)21(24(22)33)27(29)36/h4-9,13,17,22,31-32,35,37H,10-11H2,1-3H3,(H2,29,36)/t13-,17-,22-,28+/m1/s1. The van der Waals surface area contributed by atoms with Crippen molar-refractivity contribution < 1.29 is 39.5 Å². The molecule has 6 N–H and O–H groups in total. The number of ether oxygens (including phenoxy) is 1. The first kappa shape index (κ1) is 25.5. The fourth-order valence-corrected chi connectivity index (χ4v) is 6.29. The second-order valence-corrected chi connectivity index (χ2v) is 10.2. The number of nitrogens with two attached hydrogens (primary N) is 1. The topological polar surface area (TPSA) is 171 Å². The first-order valence-electron chi connectivity index (χ1n) is 12.1. The molecule has 10 heteroatoms. The number of carbonyl (C=O) groups is 3. The van der Waals surface area contributed by atoms with Gasteiger partial charge in [-0.1, -0.05) is 18.2 Å². The van der Waals surface area contributed by atoms with Crippen LogP contribution < -0.4 is 10.5 Å². The maximum absolute atomic E-state index is 13.9. The Labute approximate surface area is 218 Å². The lowest BCUT2D eigenvalue weighted by molar-refractivity contribution is -0.153. The van der Waals surface area contributed by atoms with Gasteiger partial charge in [0.15, 0.2) is 11.4 Å². The Bertz CT molecular complexity index is 1460. The number of phenolic OH excluding ortho intramolecular Hbond substituents is 1. The lowest BCUT2D eigenvalue weighted by Crippen LogP contribution is -2.65. The van der Waals surface area contributed by atoms with Crippen LogP contribution in [0, 0.1) is 11.8 Å². The van der Waals surface area contributed by atoms with Gasteiger partial charge in [0.2, 0.25) is 5.78 Å². The zero-order valence-corrected chi connectivity index (χ0v) is 21.1. The van der Waals surface area contributed by atoms with Gasteiger partial charge in [0.1, 0.15) is 28.6 Å². The number of hydrogen-bond donors (Lipinski definition) is 5. The number of carbonyl (C=O) groups excluding carboxylic acids is 3. The first-order chi connectivity index (χ1) is 17.9. The van der Waals surface area contributed by atoms with Crippen LogP contribution in [0.1, 0.15) is 17.5 Å². The van der Waals surface area contributed by atoms with Gasteiger partial charge in [-0.2, -0.15) is 0 Å². The molecule has 2 aromatic carbocycles. The van der Waals surface area contributed by atoms with Crippen LogP contribution in [-0.4, -0.2) is 75.6 Å². The van der Waals surface area contributed by atoms with Gasteiger partial charge in [0, 0.05) is 11.5 Å². The largest absolute Gasteiger partial charge is 0.508 e. The van der Waals surface area contributed by atoms with Crippen LogP contribution in [0.2, 0.25) is 0 Å². The van der Waals surface area contributed by atoms with E-state index < -0.39 is 58.0 Å². The van der Waals surface area contributed by atoms with E-state index >= 15 is 0 Å². The second kappa shape index (κ2) is 8.71. The SMILES string of the molecule is COc1ccc(-c2ccc(O)c3c2C[C@@H]2C[C@@H]4[C@@H](N(C)C)C(=O)C(C(N)=O)=C(O)[C@@]4(O)C(=O)C2=C3O)cc1. The number of fused-ring (bicyclic) bond motifs is 3. The molecule has 5 rings (SSSR count). The molecular weight excluding hydrogens is 492 g/mol. The van der Waals surface area contributed by atoms with Crippen LogP contribution in [0.5, 0.6) is 11.5 Å². The molecule has 10 nitrogen and oxygen atoms in total. The number of ketones is 2. The average Bonchev–Trinajstić information content (AvgIpc) is 2.86. The number of aliphatic hydroxyl groups excluding tert-OH is 2. The summed E-state index contributed by atoms with van der Waals surface area (Å²) in [6, 6.07) is 9.23. The number of nitrogens with zero attached hydrogens (tertiary/aromatic N) is 1. The van der Waals surface area contributed by atoms with Crippen molar-refractivity contribution in [3.05, 3.63) is 64.4 Å². The number of Topliss-reactive ketones (excluding diaryl/α,β-unsaturated/α-hetero) is 2. The molecular formula is C28H28N2O8. The van der Waals surface area contributed by atoms with E-state index in [1.165, 1.54) is 11.0 Å². The smallest absolute Gasteiger partial charge is 0.255 e. The van der Waals surface area contributed by atoms with E-state index in [2.05, 4.69) is 0 Å². The van der Waals surface area contributed by atoms with Gasteiger partial charge in [0.05, 0.1) is 18.7 Å². The summed E-state index contributed by atoms with van der Waals surface area (Å²) < 4.78 is 5.23. The number of rotatable bonds is 4. The van der Waals surface area contributed by atoms with Crippen molar-refractivity contribution in [3.8, 4) is 22.6 Å². The minimum Gasteiger partial charge on any atom is -0.508 e. The molecule has 0 radical (unpaired) electrons. The van der Waals surface area contributed by atoms with E-state index in [-0.39, 0.29) is 29.7 Å². The Kier molecular flexibility index (Phi) is 5.85. The maximum atomic E-state index is 13.9. The molecule has 4 atom stereocenters. The number of methoxy groups -OCH3 is 1. The van der Waals surface area contributed by atoms with Crippen molar-refractivity contribution in [2.75, 3.05) is 21.2 Å². The van der Waals surface area contributed by atoms with E-state index in [9.17, 15) is 34.8 Å². The predicted octanol–water partition coefficient (Wildman–Crippen LogP) is 1.64. The molecule has 1 saturated carbocycles. The molecule has 0 heterocycles. The van der Waals surface area contributed by atoms with Gasteiger partial charge in [0.25, 0.3) is 5.91 Å². The van der Waals surface area contributed by atoms with Gasteiger partial charge in [-0.15, -0.1) is 0 Å². The zero-order chi connectivity index (χ0) is 27.7. The summed E-state index contributed by atoms with van der Waals surface area (Å²) in [6.45, 7) is 0. The van der Waals surface area contributed by atoms with Crippen LogP contribution in [0.15, 0.2) is 53.3 Å². The quantitative estimate of drug-likeness (QED) is 0.376. The van der Waals surface area contributed by atoms with E-state index in [4.69, 9.17) is 10.5 Å². The number of aliphatic hydroxyl groups is 3. The minimum atomic E-state index is -2.66. The van der Waals surface area contributed by atoms with Crippen molar-refractivity contribution in [2.24, 2.45) is 17.6 Å². The van der Waals surface area contributed by atoms with Gasteiger partial charge in [-0.3, -0.25) is 19.3 Å². The highest BCUT2D eigenvalue weighted by Gasteiger charge is 2.64. The maximum Gasteiger partial charge on any atom is 0.255 e. The number of likely N-dealkylation sites (N-methyl/N-ethyl adjacent to an activating group) is 1. The first-order valence-corrected chi connectivity index (χ1v) is 12.1. The zero-order valence-electron chi connectivity index (χ0n) is 21.1. The number of hydrogen-bond acceptors (Lipinski definition) is 9. The predicted molar refractivity (Wildman–Crippen MR) is 136 cm³/mol. The van der Waals surface area contributed by atoms with Gasteiger partial charge >= 0.3 is 0 Å². The van der Waals surface area contributed by atoms with Gasteiger partial charge < -0.3 is 30.9 Å². The lowest BCUT2D eigenvalue weighted by atomic mass is 9.57. The number of benzene rings is 2. The summed E-state index contributed by atoms with van der Waals surface area (Å²) in [4.78, 5) is 40.6. The fraction of sp³-hybridized carbons (Fsp3) is 0.321. The summed E-state index contributed by atoms with van der Waals surface area (Å²) in [5.74, 6) is -6.08. The average molecular weight is 521 g/mol. The summed E-state index contributed by atoms with van der Waals surface area (Å²) in [5, 5.41) is 44.6. The molecule has 0 aliphatic heterocycles. The Morgan fingerprint density at radius 2 is 1.74 bits per heavy atom. The van der Waals surface area contributed by atoms with Crippen LogP contribution in [-0.2, 0) is 20.8 Å². The molecule has 0 aromatic heterocycles. The molecule has 0 unspecified atom stereocenters. The number of amides is 1. The fourth-order valence-electron chi connectivity index (χ4n) is 6.29. The van der Waals surface area contributed by atoms with Crippen LogP contribution in [0.4, 0.5) is 0 Å². The molecule has 0 spiro atoms. The molecule has 3 aliphatic rings. The second-order valence-electron chi connectivity index (χ2n) is 10.2. The lowest BCUT2D eigenvalue weighted by Gasteiger charge is -2.50. The Morgan fingerprint density at radius 1 is 1.08 bits per heavy atom. The monoisotopic (exact) mass is 520 g/mol. The summed E-state index contributed by atoms with van der Waals surface area (Å²) >= 11 is 0. The van der Waals surface area contributed by atoms with Crippen LogP contribution in [0.3, 0.4) is 0 Å². The highest BCUT2D eigenvalue weighted by Crippen LogP contribution is 2.53. The van der Waals surface area contributed by atoms with E-state index in [0.29, 0.717) is 11.3 Å². The van der Waals surface area contributed by atoms with E-state index in [1.807, 2.05) is 12.1 Å². The Hall–Kier alpha value is -4.15. The van der Waals surface area contributed by atoms with Gasteiger partial charge in [-0.05, 0) is 67.7 Å². The Balaban J connectivity index is 1.72. The molecule has 198 valence electrons. The number of primary amides is 1. The molecule has 0 bridgehead atoms. The molecule has 1 fully saturated rings. The molecule has 2 aromatic rings.